The molecule has 0 aromatic carbocycles. The molecule has 0 saturated carbocycles. The van der Waals surface area contributed by atoms with Crippen molar-refractivity contribution in [2.45, 2.75) is 25.8 Å². The van der Waals surface area contributed by atoms with Gasteiger partial charge in [0.05, 0.1) is 12.6 Å². The number of hydrogen-bond donors (Lipinski definition) is 2. The third-order valence-electron chi connectivity index (χ3n) is 1.30. The molecule has 0 aliphatic carbocycles. The summed E-state index contributed by atoms with van der Waals surface area (Å²) in [5, 5.41) is 2.52. The van der Waals surface area contributed by atoms with Crippen molar-refractivity contribution in [1.82, 2.24) is 5.32 Å². The third kappa shape index (κ3) is 4.40. The second kappa shape index (κ2) is 5.75. The first-order chi connectivity index (χ1) is 5.22. The van der Waals surface area contributed by atoms with Gasteiger partial charge in [-0.2, -0.15) is 0 Å². The van der Waals surface area contributed by atoms with Crippen LogP contribution in [0.25, 0.3) is 0 Å². The minimum absolute atomic E-state index is 0.162. The molecule has 0 aromatic rings. The van der Waals surface area contributed by atoms with Gasteiger partial charge in [0.25, 0.3) is 0 Å². The Bertz CT molecular complexity index is 160. The van der Waals surface area contributed by atoms with E-state index in [2.05, 4.69) is 11.2 Å². The van der Waals surface area contributed by atoms with Gasteiger partial charge in [0.15, 0.2) is 0 Å². The number of carbonyl (C=O) groups is 1. The van der Waals surface area contributed by atoms with E-state index in [1.807, 2.05) is 6.92 Å². The van der Waals surface area contributed by atoms with E-state index in [9.17, 15) is 4.79 Å². The summed E-state index contributed by atoms with van der Waals surface area (Å²) < 4.78 is 0. The van der Waals surface area contributed by atoms with Gasteiger partial charge in [0.2, 0.25) is 5.91 Å². The number of carbonyl (C=O) groups excluding carboxylic acids is 1. The summed E-state index contributed by atoms with van der Waals surface area (Å²) in [6.07, 6.45) is 6.56. The zero-order chi connectivity index (χ0) is 8.69. The highest BCUT2D eigenvalue weighted by Crippen LogP contribution is 1.91. The number of terminal acetylenes is 1. The molecule has 11 heavy (non-hydrogen) atoms. The van der Waals surface area contributed by atoms with Gasteiger partial charge >= 0.3 is 0 Å². The molecule has 3 nitrogen and oxygen atoms in total. The van der Waals surface area contributed by atoms with E-state index in [1.165, 1.54) is 0 Å². The zero-order valence-electron chi connectivity index (χ0n) is 6.76. The summed E-state index contributed by atoms with van der Waals surface area (Å²) in [5.41, 5.74) is 5.49. The Morgan fingerprint density at radius 1 is 1.82 bits per heavy atom. The highest BCUT2D eigenvalue weighted by Gasteiger charge is 2.09. The van der Waals surface area contributed by atoms with Crippen molar-refractivity contribution in [1.29, 1.82) is 0 Å². The number of amides is 1. The minimum Gasteiger partial charge on any atom is -0.344 e. The molecule has 3 heteroatoms. The lowest BCUT2D eigenvalue weighted by molar-refractivity contribution is -0.122. The average molecular weight is 154 g/mol. The van der Waals surface area contributed by atoms with Crippen LogP contribution >= 0.6 is 0 Å². The van der Waals surface area contributed by atoms with Crippen molar-refractivity contribution in [3.8, 4) is 12.3 Å². The van der Waals surface area contributed by atoms with Gasteiger partial charge in [-0.1, -0.05) is 19.3 Å². The van der Waals surface area contributed by atoms with Gasteiger partial charge in [0.1, 0.15) is 0 Å². The topological polar surface area (TPSA) is 55.1 Å². The summed E-state index contributed by atoms with van der Waals surface area (Å²) in [5.74, 6) is 2.15. The lowest BCUT2D eigenvalue weighted by Crippen LogP contribution is -2.40. The predicted molar refractivity (Wildman–Crippen MR) is 44.7 cm³/mol. The van der Waals surface area contributed by atoms with Crippen LogP contribution in [0.4, 0.5) is 0 Å². The highest BCUT2D eigenvalue weighted by molar-refractivity contribution is 5.81. The Morgan fingerprint density at radius 3 is 2.91 bits per heavy atom. The fourth-order valence-electron chi connectivity index (χ4n) is 0.711. The Kier molecular flexibility index (Phi) is 5.22. The molecule has 0 bridgehead atoms. The molecule has 3 N–H and O–H groups in total. The molecule has 0 aliphatic rings. The fraction of sp³-hybridized carbons (Fsp3) is 0.625. The standard InChI is InChI=1S/C8H14N2O/c1-3-5-7(9)8(11)10-6-4-2/h2,7H,3,5-6,9H2,1H3,(H,10,11)/t7-/m1/s1. The maximum atomic E-state index is 11.0. The Balaban J connectivity index is 3.57. The quantitative estimate of drug-likeness (QED) is 0.554. The lowest BCUT2D eigenvalue weighted by atomic mass is 10.2. The second-order valence-electron chi connectivity index (χ2n) is 2.32. The van der Waals surface area contributed by atoms with E-state index in [0.29, 0.717) is 6.42 Å². The maximum absolute atomic E-state index is 11.0. The largest absolute Gasteiger partial charge is 0.344 e. The number of nitrogens with one attached hydrogen (secondary N) is 1. The van der Waals surface area contributed by atoms with E-state index < -0.39 is 6.04 Å². The first-order valence-corrected chi connectivity index (χ1v) is 3.69. The summed E-state index contributed by atoms with van der Waals surface area (Å²) in [4.78, 5) is 11.0. The molecule has 0 spiro atoms. The van der Waals surface area contributed by atoms with E-state index in [1.54, 1.807) is 0 Å². The van der Waals surface area contributed by atoms with Gasteiger partial charge in [-0.05, 0) is 6.42 Å². The van der Waals surface area contributed by atoms with Crippen molar-refractivity contribution < 1.29 is 4.79 Å². The molecule has 0 fully saturated rings. The van der Waals surface area contributed by atoms with Crippen LogP contribution in [0.2, 0.25) is 0 Å². The molecule has 62 valence electrons. The normalized spacial score (nSPS) is 11.7. The van der Waals surface area contributed by atoms with Crippen molar-refractivity contribution >= 4 is 5.91 Å². The second-order valence-corrected chi connectivity index (χ2v) is 2.32. The van der Waals surface area contributed by atoms with Crippen LogP contribution in [0.5, 0.6) is 0 Å². The molecule has 0 saturated heterocycles. The average Bonchev–Trinajstić information content (AvgIpc) is 2.00. The molecule has 1 atom stereocenters. The Hall–Kier alpha value is -1.01. The number of rotatable bonds is 4. The highest BCUT2D eigenvalue weighted by atomic mass is 16.2. The monoisotopic (exact) mass is 154 g/mol. The van der Waals surface area contributed by atoms with Gasteiger partial charge in [-0.3, -0.25) is 4.79 Å². The number of nitrogens with two attached hydrogens (primary N) is 1. The third-order valence-corrected chi connectivity index (χ3v) is 1.30. The predicted octanol–water partition coefficient (Wildman–Crippen LogP) is -0.137. The van der Waals surface area contributed by atoms with E-state index in [-0.39, 0.29) is 12.5 Å². The van der Waals surface area contributed by atoms with Gasteiger partial charge < -0.3 is 11.1 Å². The van der Waals surface area contributed by atoms with Gasteiger partial charge in [-0.15, -0.1) is 6.42 Å². The van der Waals surface area contributed by atoms with Gasteiger partial charge in [-0.25, -0.2) is 0 Å². The van der Waals surface area contributed by atoms with Crippen molar-refractivity contribution in [3.05, 3.63) is 0 Å². The molecule has 0 heterocycles. The lowest BCUT2D eigenvalue weighted by Gasteiger charge is -2.08. The maximum Gasteiger partial charge on any atom is 0.237 e. The molecule has 0 unspecified atom stereocenters. The summed E-state index contributed by atoms with van der Waals surface area (Å²) in [6.45, 7) is 2.24. The SMILES string of the molecule is C#CCNC(=O)[C@H](N)CCC. The van der Waals surface area contributed by atoms with Crippen LogP contribution in [-0.2, 0) is 4.79 Å². The zero-order valence-corrected chi connectivity index (χ0v) is 6.76. The van der Waals surface area contributed by atoms with Crippen LogP contribution in [0.3, 0.4) is 0 Å². The Labute approximate surface area is 67.3 Å². The molecular formula is C8H14N2O. The van der Waals surface area contributed by atoms with Crippen LogP contribution in [-0.4, -0.2) is 18.5 Å². The fourth-order valence-corrected chi connectivity index (χ4v) is 0.711. The first-order valence-electron chi connectivity index (χ1n) is 3.69. The van der Waals surface area contributed by atoms with E-state index in [0.717, 1.165) is 6.42 Å². The van der Waals surface area contributed by atoms with Crippen LogP contribution in [0, 0.1) is 12.3 Å². The summed E-state index contributed by atoms with van der Waals surface area (Å²) >= 11 is 0. The van der Waals surface area contributed by atoms with E-state index >= 15 is 0 Å². The molecule has 0 rings (SSSR count). The molecule has 0 aromatic heterocycles. The van der Waals surface area contributed by atoms with Crippen LogP contribution < -0.4 is 11.1 Å². The minimum atomic E-state index is -0.409. The molecular weight excluding hydrogens is 140 g/mol. The molecule has 0 radical (unpaired) electrons. The van der Waals surface area contributed by atoms with E-state index in [4.69, 9.17) is 12.2 Å². The molecule has 0 aliphatic heterocycles. The summed E-state index contributed by atoms with van der Waals surface area (Å²) in [6, 6.07) is -0.409. The molecule has 1 amide bonds. The Morgan fingerprint density at radius 2 is 2.45 bits per heavy atom. The van der Waals surface area contributed by atoms with Crippen LogP contribution in [0.1, 0.15) is 19.8 Å². The van der Waals surface area contributed by atoms with Gasteiger partial charge in [0, 0.05) is 0 Å². The first kappa shape index (κ1) is 9.99. The van der Waals surface area contributed by atoms with Crippen molar-refractivity contribution in [3.63, 3.8) is 0 Å². The van der Waals surface area contributed by atoms with Crippen LogP contribution in [0.15, 0.2) is 0 Å². The van der Waals surface area contributed by atoms with Crippen molar-refractivity contribution in [2.24, 2.45) is 5.73 Å². The summed E-state index contributed by atoms with van der Waals surface area (Å²) in [7, 11) is 0. The smallest absolute Gasteiger partial charge is 0.237 e. The van der Waals surface area contributed by atoms with Crippen molar-refractivity contribution in [2.75, 3.05) is 6.54 Å². The number of hydrogen-bond acceptors (Lipinski definition) is 2.